The highest BCUT2D eigenvalue weighted by Gasteiger charge is 2.39. The van der Waals surface area contributed by atoms with Crippen LogP contribution >= 0.6 is 0 Å². The molecule has 2 amide bonds. The number of imide groups is 1. The molecule has 1 N–H and O–H groups in total. The summed E-state index contributed by atoms with van der Waals surface area (Å²) in [5, 5.41) is 14.9. The number of rotatable bonds is 2. The number of benzene rings is 5. The second-order valence-corrected chi connectivity index (χ2v) is 8.81. The Morgan fingerprint density at radius 2 is 1.03 bits per heavy atom. The fraction of sp³-hybridized carbons (Fsp3) is 0.0741. The molecule has 0 aliphatic carbocycles. The van der Waals surface area contributed by atoms with Crippen LogP contribution in [0, 0.1) is 0 Å². The first kappa shape index (κ1) is 19.6. The lowest BCUT2D eigenvalue weighted by Crippen LogP contribution is -2.49. The zero-order chi connectivity index (χ0) is 24.3. The zero-order valence-electron chi connectivity index (χ0n) is 18.0. The monoisotopic (exact) mass is 463 g/mol. The predicted molar refractivity (Wildman–Crippen MR) is 125 cm³/mol. The zero-order valence-corrected chi connectivity index (χ0v) is 18.0. The van der Waals surface area contributed by atoms with E-state index in [-0.39, 0.29) is 11.1 Å². The van der Waals surface area contributed by atoms with Crippen molar-refractivity contribution in [3.8, 4) is 0 Å². The van der Waals surface area contributed by atoms with Gasteiger partial charge in [-0.1, -0.05) is 24.3 Å². The third-order valence-corrected chi connectivity index (χ3v) is 7.17. The number of amides is 2. The number of carboxylic acid groups (broad SMARTS) is 1. The number of cyclic esters (lactones) is 2. The average molecular weight is 463 g/mol. The first-order valence-corrected chi connectivity index (χ1v) is 10.9. The predicted octanol–water partition coefficient (Wildman–Crippen LogP) is 4.12. The molecule has 7 rings (SSSR count). The van der Waals surface area contributed by atoms with E-state index in [1.807, 2.05) is 0 Å². The van der Waals surface area contributed by atoms with Gasteiger partial charge in [0.05, 0.1) is 11.1 Å². The molecule has 35 heavy (non-hydrogen) atoms. The van der Waals surface area contributed by atoms with Crippen LogP contribution in [0.5, 0.6) is 0 Å². The quantitative estimate of drug-likeness (QED) is 0.138. The second-order valence-electron chi connectivity index (χ2n) is 8.81. The van der Waals surface area contributed by atoms with Crippen LogP contribution in [0.3, 0.4) is 0 Å². The minimum atomic E-state index is -1.32. The van der Waals surface area contributed by atoms with Crippen molar-refractivity contribution >= 4 is 72.8 Å². The van der Waals surface area contributed by atoms with Crippen LogP contribution in [-0.4, -0.2) is 45.8 Å². The van der Waals surface area contributed by atoms with Crippen molar-refractivity contribution in [3.63, 3.8) is 0 Å². The standard InChI is InChI=1S/C27H13NO7/c1-10(25(31)32)28-23(29)15-6-2-11-13-4-8-17-22-18(27(34)35-26(17)33)9-5-14(20(13)22)12-3-7-16(24(28)30)21(15)19(11)12/h2-10H,1H3,(H,31,32)/t10-/m0/s1. The summed E-state index contributed by atoms with van der Waals surface area (Å²) < 4.78 is 4.89. The van der Waals surface area contributed by atoms with Crippen LogP contribution in [-0.2, 0) is 9.53 Å². The van der Waals surface area contributed by atoms with E-state index in [4.69, 9.17) is 4.74 Å². The molecule has 8 heteroatoms. The Morgan fingerprint density at radius 3 is 1.43 bits per heavy atom. The average Bonchev–Trinajstić information content (AvgIpc) is 2.84. The van der Waals surface area contributed by atoms with Crippen molar-refractivity contribution in [1.29, 1.82) is 0 Å². The normalized spacial score (nSPS) is 16.1. The first-order chi connectivity index (χ1) is 16.8. The van der Waals surface area contributed by atoms with Gasteiger partial charge in [-0.3, -0.25) is 14.5 Å². The van der Waals surface area contributed by atoms with E-state index >= 15 is 0 Å². The molecule has 0 bridgehead atoms. The summed E-state index contributed by atoms with van der Waals surface area (Å²) in [4.78, 5) is 63.8. The smallest absolute Gasteiger partial charge is 0.346 e. The van der Waals surface area contributed by atoms with Gasteiger partial charge in [0.2, 0.25) is 0 Å². The number of aliphatic carboxylic acids is 1. The number of esters is 2. The van der Waals surface area contributed by atoms with E-state index < -0.39 is 35.8 Å². The van der Waals surface area contributed by atoms with Crippen molar-refractivity contribution in [3.05, 3.63) is 70.8 Å². The molecule has 168 valence electrons. The van der Waals surface area contributed by atoms with Gasteiger partial charge in [0, 0.05) is 21.9 Å². The van der Waals surface area contributed by atoms with Gasteiger partial charge in [-0.2, -0.15) is 0 Å². The molecule has 1 atom stereocenters. The molecule has 5 aromatic carbocycles. The number of carbonyl (C=O) groups is 5. The van der Waals surface area contributed by atoms with Gasteiger partial charge in [0.25, 0.3) is 11.8 Å². The molecule has 8 nitrogen and oxygen atoms in total. The van der Waals surface area contributed by atoms with Crippen LogP contribution in [0.15, 0.2) is 48.5 Å². The molecular weight excluding hydrogens is 450 g/mol. The number of carboxylic acids is 1. The van der Waals surface area contributed by atoms with Crippen LogP contribution < -0.4 is 0 Å². The third-order valence-electron chi connectivity index (χ3n) is 7.17. The van der Waals surface area contributed by atoms with Crippen molar-refractivity contribution in [2.45, 2.75) is 13.0 Å². The number of ether oxygens (including phenoxy) is 1. The van der Waals surface area contributed by atoms with Gasteiger partial charge in [-0.15, -0.1) is 0 Å². The van der Waals surface area contributed by atoms with Gasteiger partial charge < -0.3 is 9.84 Å². The van der Waals surface area contributed by atoms with Crippen molar-refractivity contribution < 1.29 is 33.8 Å². The Labute approximate surface area is 195 Å². The molecule has 0 saturated carbocycles. The number of hydrogen-bond acceptors (Lipinski definition) is 6. The minimum Gasteiger partial charge on any atom is -0.480 e. The maximum Gasteiger partial charge on any atom is 0.346 e. The Hall–Kier alpha value is -4.85. The van der Waals surface area contributed by atoms with Crippen molar-refractivity contribution in [1.82, 2.24) is 4.90 Å². The first-order valence-electron chi connectivity index (χ1n) is 10.9. The van der Waals surface area contributed by atoms with E-state index in [9.17, 15) is 29.1 Å². The van der Waals surface area contributed by atoms with E-state index in [1.54, 1.807) is 48.5 Å². The van der Waals surface area contributed by atoms with Gasteiger partial charge in [-0.25, -0.2) is 14.4 Å². The largest absolute Gasteiger partial charge is 0.480 e. The lowest BCUT2D eigenvalue weighted by atomic mass is 9.82. The Bertz CT molecular complexity index is 1780. The summed E-state index contributed by atoms with van der Waals surface area (Å²) in [6.45, 7) is 1.30. The summed E-state index contributed by atoms with van der Waals surface area (Å²) in [6, 6.07) is 12.2. The SMILES string of the molecule is C[C@@H](C(=O)O)N1C(=O)c2ccc3c4ccc5c6c(ccc(c7ccc(c2c37)C1=O)c64)C(=O)OC5=O. The third kappa shape index (κ3) is 2.19. The second kappa shape index (κ2) is 6.18. The molecule has 0 fully saturated rings. The molecule has 0 unspecified atom stereocenters. The summed E-state index contributed by atoms with van der Waals surface area (Å²) in [6.07, 6.45) is 0. The summed E-state index contributed by atoms with van der Waals surface area (Å²) in [5.41, 5.74) is 1.11. The molecular formula is C27H13NO7. The fourth-order valence-electron chi connectivity index (χ4n) is 5.59. The summed E-state index contributed by atoms with van der Waals surface area (Å²) in [5.74, 6) is -4.00. The highest BCUT2D eigenvalue weighted by molar-refractivity contribution is 6.40. The molecule has 2 aliphatic rings. The van der Waals surface area contributed by atoms with Gasteiger partial charge in [0.15, 0.2) is 0 Å². The number of nitrogens with zero attached hydrogens (tertiary/aromatic N) is 1. The molecule has 2 aliphatic heterocycles. The summed E-state index contributed by atoms with van der Waals surface area (Å²) >= 11 is 0. The van der Waals surface area contributed by atoms with Crippen LogP contribution in [0.25, 0.3) is 43.1 Å². The number of fused-ring (bicyclic) bond motifs is 2. The number of hydrogen-bond donors (Lipinski definition) is 1. The van der Waals surface area contributed by atoms with Crippen molar-refractivity contribution in [2.24, 2.45) is 0 Å². The van der Waals surface area contributed by atoms with Crippen LogP contribution in [0.2, 0.25) is 0 Å². The molecule has 0 spiro atoms. The molecule has 0 saturated heterocycles. The van der Waals surface area contributed by atoms with Gasteiger partial charge >= 0.3 is 17.9 Å². The lowest BCUT2D eigenvalue weighted by Gasteiger charge is -2.30. The van der Waals surface area contributed by atoms with E-state index in [0.29, 0.717) is 27.3 Å². The van der Waals surface area contributed by atoms with E-state index in [1.165, 1.54) is 6.92 Å². The van der Waals surface area contributed by atoms with Gasteiger partial charge in [-0.05, 0) is 63.5 Å². The van der Waals surface area contributed by atoms with Crippen LogP contribution in [0.1, 0.15) is 48.4 Å². The molecule has 0 radical (unpaired) electrons. The Morgan fingerprint density at radius 1 is 0.657 bits per heavy atom. The molecule has 2 heterocycles. The fourth-order valence-corrected chi connectivity index (χ4v) is 5.59. The van der Waals surface area contributed by atoms with E-state index in [0.717, 1.165) is 31.8 Å². The van der Waals surface area contributed by atoms with Crippen molar-refractivity contribution in [2.75, 3.05) is 0 Å². The Kier molecular flexibility index (Phi) is 3.46. The topological polar surface area (TPSA) is 118 Å². The maximum absolute atomic E-state index is 13.3. The maximum atomic E-state index is 13.3. The minimum absolute atomic E-state index is 0.251. The highest BCUT2D eigenvalue weighted by atomic mass is 16.6. The van der Waals surface area contributed by atoms with E-state index in [2.05, 4.69) is 0 Å². The van der Waals surface area contributed by atoms with Gasteiger partial charge in [0.1, 0.15) is 6.04 Å². The molecule has 0 aromatic heterocycles. The highest BCUT2D eigenvalue weighted by Crippen LogP contribution is 2.46. The Balaban J connectivity index is 1.66. The lowest BCUT2D eigenvalue weighted by molar-refractivity contribution is -0.141. The van der Waals surface area contributed by atoms with Crippen LogP contribution in [0.4, 0.5) is 0 Å². The number of carbonyl (C=O) groups excluding carboxylic acids is 4. The summed E-state index contributed by atoms with van der Waals surface area (Å²) in [7, 11) is 0. The molecule has 5 aromatic rings.